The molecule has 0 bridgehead atoms. The van der Waals surface area contributed by atoms with Crippen molar-refractivity contribution in [3.05, 3.63) is 0 Å². The van der Waals surface area contributed by atoms with Crippen LogP contribution < -0.4 is 5.32 Å². The molecule has 0 aromatic rings. The minimum absolute atomic E-state index is 0.0239. The Morgan fingerprint density at radius 1 is 1.53 bits per heavy atom. The van der Waals surface area contributed by atoms with Gasteiger partial charge in [0, 0.05) is 12.2 Å². The number of hydrogen-bond acceptors (Lipinski definition) is 3. The summed E-state index contributed by atoms with van der Waals surface area (Å²) in [5.41, 5.74) is -0.582. The van der Waals surface area contributed by atoms with Gasteiger partial charge in [0.2, 0.25) is 5.91 Å². The second kappa shape index (κ2) is 6.90. The van der Waals surface area contributed by atoms with Crippen LogP contribution in [0.2, 0.25) is 0 Å². The molecule has 1 fully saturated rings. The third-order valence-electron chi connectivity index (χ3n) is 3.66. The van der Waals surface area contributed by atoms with Crippen LogP contribution in [0.3, 0.4) is 0 Å². The summed E-state index contributed by atoms with van der Waals surface area (Å²) in [5.74, 6) is 1.58. The second-order valence-electron chi connectivity index (χ2n) is 4.84. The van der Waals surface area contributed by atoms with E-state index in [1.807, 2.05) is 6.26 Å². The van der Waals surface area contributed by atoms with Gasteiger partial charge in [0.1, 0.15) is 5.54 Å². The van der Waals surface area contributed by atoms with Gasteiger partial charge in [-0.1, -0.05) is 13.3 Å². The summed E-state index contributed by atoms with van der Waals surface area (Å²) in [6, 6.07) is 2.33. The monoisotopic (exact) mass is 254 g/mol. The van der Waals surface area contributed by atoms with Crippen LogP contribution >= 0.6 is 11.8 Å². The van der Waals surface area contributed by atoms with Crippen molar-refractivity contribution in [3.63, 3.8) is 0 Å². The fraction of sp³-hybridized carbons (Fsp3) is 0.846. The SMILES string of the molecule is CCC1CCC(C#N)(NC(=O)CCSC)CC1. The highest BCUT2D eigenvalue weighted by Gasteiger charge is 2.36. The fourth-order valence-electron chi connectivity index (χ4n) is 2.37. The zero-order valence-corrected chi connectivity index (χ0v) is 11.6. The van der Waals surface area contributed by atoms with Crippen LogP contribution in [0.25, 0.3) is 0 Å². The van der Waals surface area contributed by atoms with Crippen LogP contribution in [-0.2, 0) is 4.79 Å². The first-order valence-corrected chi connectivity index (χ1v) is 7.76. The minimum atomic E-state index is -0.582. The molecular formula is C13H22N2OS. The van der Waals surface area contributed by atoms with Crippen molar-refractivity contribution in [2.24, 2.45) is 5.92 Å². The van der Waals surface area contributed by atoms with E-state index in [0.717, 1.165) is 37.4 Å². The molecule has 1 N–H and O–H groups in total. The van der Waals surface area contributed by atoms with Crippen LogP contribution in [-0.4, -0.2) is 23.5 Å². The Kier molecular flexibility index (Phi) is 5.84. The second-order valence-corrected chi connectivity index (χ2v) is 5.82. The Bertz CT molecular complexity index is 290. The zero-order valence-electron chi connectivity index (χ0n) is 10.8. The Morgan fingerprint density at radius 2 is 2.18 bits per heavy atom. The first-order chi connectivity index (χ1) is 8.15. The normalized spacial score (nSPS) is 28.4. The highest BCUT2D eigenvalue weighted by atomic mass is 32.2. The number of nitrogens with one attached hydrogen (secondary N) is 1. The number of nitriles is 1. The zero-order chi connectivity index (χ0) is 12.7. The summed E-state index contributed by atoms with van der Waals surface area (Å²) in [7, 11) is 0. The Balaban J connectivity index is 2.48. The van der Waals surface area contributed by atoms with Gasteiger partial charge in [-0.15, -0.1) is 0 Å². The van der Waals surface area contributed by atoms with Crippen molar-refractivity contribution in [1.29, 1.82) is 5.26 Å². The molecule has 1 rings (SSSR count). The molecular weight excluding hydrogens is 232 g/mol. The van der Waals surface area contributed by atoms with E-state index in [4.69, 9.17) is 0 Å². The smallest absolute Gasteiger partial charge is 0.222 e. The third kappa shape index (κ3) is 4.23. The summed E-state index contributed by atoms with van der Waals surface area (Å²) in [5, 5.41) is 12.3. The average molecular weight is 254 g/mol. The number of thioether (sulfide) groups is 1. The highest BCUT2D eigenvalue weighted by Crippen LogP contribution is 2.33. The molecule has 1 aliphatic carbocycles. The topological polar surface area (TPSA) is 52.9 Å². The summed E-state index contributed by atoms with van der Waals surface area (Å²) in [6.45, 7) is 2.20. The van der Waals surface area contributed by atoms with E-state index >= 15 is 0 Å². The maximum atomic E-state index is 11.7. The van der Waals surface area contributed by atoms with Gasteiger partial charge in [0.25, 0.3) is 0 Å². The molecule has 0 aromatic carbocycles. The molecule has 1 amide bonds. The maximum absolute atomic E-state index is 11.7. The maximum Gasteiger partial charge on any atom is 0.222 e. The van der Waals surface area contributed by atoms with Crippen LogP contribution in [0.1, 0.15) is 45.4 Å². The van der Waals surface area contributed by atoms with Crippen molar-refractivity contribution in [2.45, 2.75) is 51.0 Å². The van der Waals surface area contributed by atoms with Gasteiger partial charge in [-0.2, -0.15) is 17.0 Å². The lowest BCUT2D eigenvalue weighted by Crippen LogP contribution is -2.49. The van der Waals surface area contributed by atoms with Crippen molar-refractivity contribution < 1.29 is 4.79 Å². The fourth-order valence-corrected chi connectivity index (χ4v) is 2.76. The number of rotatable bonds is 5. The predicted octanol–water partition coefficient (Wildman–Crippen LogP) is 2.72. The number of nitrogens with zero attached hydrogens (tertiary/aromatic N) is 1. The van der Waals surface area contributed by atoms with E-state index in [1.54, 1.807) is 11.8 Å². The molecule has 0 aromatic heterocycles. The molecule has 0 radical (unpaired) electrons. The number of hydrogen-bond donors (Lipinski definition) is 1. The molecule has 0 heterocycles. The Labute approximate surface area is 108 Å². The third-order valence-corrected chi connectivity index (χ3v) is 4.27. The first-order valence-electron chi connectivity index (χ1n) is 6.37. The van der Waals surface area contributed by atoms with E-state index in [1.165, 1.54) is 6.42 Å². The summed E-state index contributed by atoms with van der Waals surface area (Å²) >= 11 is 1.66. The Hall–Kier alpha value is -0.690. The average Bonchev–Trinajstić information content (AvgIpc) is 2.37. The van der Waals surface area contributed by atoms with Gasteiger partial charge in [0.15, 0.2) is 0 Å². The van der Waals surface area contributed by atoms with E-state index in [0.29, 0.717) is 6.42 Å². The van der Waals surface area contributed by atoms with Gasteiger partial charge in [-0.25, -0.2) is 0 Å². The molecule has 0 atom stereocenters. The van der Waals surface area contributed by atoms with Crippen molar-refractivity contribution in [1.82, 2.24) is 5.32 Å². The molecule has 1 aliphatic rings. The quantitative estimate of drug-likeness (QED) is 0.820. The molecule has 0 aliphatic heterocycles. The molecule has 0 saturated heterocycles. The highest BCUT2D eigenvalue weighted by molar-refractivity contribution is 7.98. The van der Waals surface area contributed by atoms with E-state index < -0.39 is 5.54 Å². The number of amides is 1. The van der Waals surface area contributed by atoms with Crippen LogP contribution in [0.15, 0.2) is 0 Å². The van der Waals surface area contributed by atoms with Gasteiger partial charge in [-0.3, -0.25) is 4.79 Å². The van der Waals surface area contributed by atoms with Crippen molar-refractivity contribution >= 4 is 17.7 Å². The van der Waals surface area contributed by atoms with Crippen LogP contribution in [0.4, 0.5) is 0 Å². The summed E-state index contributed by atoms with van der Waals surface area (Å²) in [6.07, 6.45) is 7.43. The standard InChI is InChI=1S/C13H22N2OS/c1-3-11-4-7-13(10-14,8-5-11)15-12(16)6-9-17-2/h11H,3-9H2,1-2H3,(H,15,16). The molecule has 96 valence electrons. The van der Waals surface area contributed by atoms with Crippen molar-refractivity contribution in [3.8, 4) is 6.07 Å². The number of carbonyl (C=O) groups excluding carboxylic acids is 1. The van der Waals surface area contributed by atoms with Gasteiger partial charge >= 0.3 is 0 Å². The number of carbonyl (C=O) groups is 1. The van der Waals surface area contributed by atoms with Gasteiger partial charge < -0.3 is 5.32 Å². The van der Waals surface area contributed by atoms with E-state index in [9.17, 15) is 10.1 Å². The van der Waals surface area contributed by atoms with Crippen LogP contribution in [0.5, 0.6) is 0 Å². The summed E-state index contributed by atoms with van der Waals surface area (Å²) in [4.78, 5) is 11.7. The summed E-state index contributed by atoms with van der Waals surface area (Å²) < 4.78 is 0. The molecule has 0 spiro atoms. The molecule has 4 heteroatoms. The van der Waals surface area contributed by atoms with E-state index in [2.05, 4.69) is 18.3 Å². The first kappa shape index (κ1) is 14.4. The molecule has 17 heavy (non-hydrogen) atoms. The molecule has 3 nitrogen and oxygen atoms in total. The van der Waals surface area contributed by atoms with E-state index in [-0.39, 0.29) is 5.91 Å². The Morgan fingerprint density at radius 3 is 2.65 bits per heavy atom. The van der Waals surface area contributed by atoms with Crippen LogP contribution in [0, 0.1) is 17.2 Å². The lowest BCUT2D eigenvalue weighted by molar-refractivity contribution is -0.122. The van der Waals surface area contributed by atoms with Gasteiger partial charge in [-0.05, 0) is 37.9 Å². The lowest BCUT2D eigenvalue weighted by Gasteiger charge is -2.35. The van der Waals surface area contributed by atoms with Crippen molar-refractivity contribution in [2.75, 3.05) is 12.0 Å². The molecule has 0 unspecified atom stereocenters. The largest absolute Gasteiger partial charge is 0.338 e. The van der Waals surface area contributed by atoms with Gasteiger partial charge in [0.05, 0.1) is 6.07 Å². The molecule has 1 saturated carbocycles. The lowest BCUT2D eigenvalue weighted by atomic mass is 9.76. The predicted molar refractivity (Wildman–Crippen MR) is 71.7 cm³/mol. The minimum Gasteiger partial charge on any atom is -0.338 e.